The molecule has 0 saturated heterocycles. The number of phenols is 1. The summed E-state index contributed by atoms with van der Waals surface area (Å²) in [5.41, 5.74) is 7.88. The molecule has 0 amide bonds. The summed E-state index contributed by atoms with van der Waals surface area (Å²) >= 11 is 0. The van der Waals surface area contributed by atoms with Gasteiger partial charge in [0.1, 0.15) is 11.5 Å². The zero-order valence-corrected chi connectivity index (χ0v) is 9.92. The molecule has 0 heterocycles. The fourth-order valence-corrected chi connectivity index (χ4v) is 2.57. The predicted molar refractivity (Wildman–Crippen MR) is 63.7 cm³/mol. The predicted octanol–water partition coefficient (Wildman–Crippen LogP) is 2.44. The van der Waals surface area contributed by atoms with Crippen LogP contribution in [0.4, 0.5) is 0 Å². The van der Waals surface area contributed by atoms with Crippen LogP contribution in [-0.2, 0) is 5.54 Å². The molecule has 0 spiro atoms. The van der Waals surface area contributed by atoms with E-state index in [9.17, 15) is 5.11 Å². The van der Waals surface area contributed by atoms with Gasteiger partial charge in [0.05, 0.1) is 7.11 Å². The Morgan fingerprint density at radius 1 is 1.31 bits per heavy atom. The van der Waals surface area contributed by atoms with Crippen LogP contribution in [0.3, 0.4) is 0 Å². The van der Waals surface area contributed by atoms with Crippen molar-refractivity contribution in [1.29, 1.82) is 0 Å². The van der Waals surface area contributed by atoms with Gasteiger partial charge in [0.25, 0.3) is 0 Å². The maximum Gasteiger partial charge on any atom is 0.125 e. The SMILES string of the molecule is COc1cc(O)c(C2(N)CCCC2)cc1C. The van der Waals surface area contributed by atoms with Crippen LogP contribution in [0.2, 0.25) is 0 Å². The summed E-state index contributed by atoms with van der Waals surface area (Å²) in [6.45, 7) is 1.97. The van der Waals surface area contributed by atoms with E-state index in [1.165, 1.54) is 0 Å². The van der Waals surface area contributed by atoms with E-state index in [2.05, 4.69) is 0 Å². The Bertz CT molecular complexity index is 395. The van der Waals surface area contributed by atoms with Crippen LogP contribution in [0.15, 0.2) is 12.1 Å². The van der Waals surface area contributed by atoms with E-state index >= 15 is 0 Å². The van der Waals surface area contributed by atoms with E-state index in [1.54, 1.807) is 13.2 Å². The number of rotatable bonds is 2. The molecule has 0 bridgehead atoms. The maximum atomic E-state index is 10.0. The number of aromatic hydroxyl groups is 1. The molecule has 0 atom stereocenters. The van der Waals surface area contributed by atoms with Gasteiger partial charge in [0, 0.05) is 17.2 Å². The molecule has 3 nitrogen and oxygen atoms in total. The highest BCUT2D eigenvalue weighted by Gasteiger charge is 2.33. The second kappa shape index (κ2) is 3.98. The van der Waals surface area contributed by atoms with Crippen molar-refractivity contribution in [2.45, 2.75) is 38.1 Å². The molecule has 88 valence electrons. The van der Waals surface area contributed by atoms with Crippen LogP contribution in [-0.4, -0.2) is 12.2 Å². The number of benzene rings is 1. The van der Waals surface area contributed by atoms with Crippen LogP contribution in [0, 0.1) is 6.92 Å². The topological polar surface area (TPSA) is 55.5 Å². The molecule has 1 aromatic rings. The van der Waals surface area contributed by atoms with Crippen LogP contribution < -0.4 is 10.5 Å². The minimum absolute atomic E-state index is 0.256. The van der Waals surface area contributed by atoms with Gasteiger partial charge >= 0.3 is 0 Å². The van der Waals surface area contributed by atoms with Crippen molar-refractivity contribution in [2.75, 3.05) is 7.11 Å². The first-order chi connectivity index (χ1) is 7.57. The van der Waals surface area contributed by atoms with E-state index in [1.807, 2.05) is 13.0 Å². The van der Waals surface area contributed by atoms with Gasteiger partial charge < -0.3 is 15.6 Å². The largest absolute Gasteiger partial charge is 0.507 e. The third kappa shape index (κ3) is 1.76. The Hall–Kier alpha value is -1.22. The van der Waals surface area contributed by atoms with Gasteiger partial charge in [-0.05, 0) is 31.4 Å². The van der Waals surface area contributed by atoms with Crippen LogP contribution in [0.1, 0.15) is 36.8 Å². The summed E-state index contributed by atoms with van der Waals surface area (Å²) < 4.78 is 5.18. The lowest BCUT2D eigenvalue weighted by Gasteiger charge is -2.26. The van der Waals surface area contributed by atoms with Gasteiger partial charge in [-0.25, -0.2) is 0 Å². The highest BCUT2D eigenvalue weighted by atomic mass is 16.5. The molecule has 1 saturated carbocycles. The van der Waals surface area contributed by atoms with Crippen molar-refractivity contribution in [3.63, 3.8) is 0 Å². The summed E-state index contributed by atoms with van der Waals surface area (Å²) in [4.78, 5) is 0. The number of phenolic OH excluding ortho intramolecular Hbond substituents is 1. The monoisotopic (exact) mass is 221 g/mol. The summed E-state index contributed by atoms with van der Waals surface area (Å²) in [6.07, 6.45) is 4.18. The van der Waals surface area contributed by atoms with Gasteiger partial charge in [-0.1, -0.05) is 12.8 Å². The molecule has 16 heavy (non-hydrogen) atoms. The molecule has 1 aliphatic carbocycles. The van der Waals surface area contributed by atoms with Gasteiger partial charge in [0.2, 0.25) is 0 Å². The molecule has 1 aromatic carbocycles. The third-order valence-corrected chi connectivity index (χ3v) is 3.55. The van der Waals surface area contributed by atoms with Crippen LogP contribution in [0.5, 0.6) is 11.5 Å². The lowest BCUT2D eigenvalue weighted by atomic mass is 9.87. The molecule has 2 rings (SSSR count). The zero-order valence-electron chi connectivity index (χ0n) is 9.92. The Morgan fingerprint density at radius 2 is 1.94 bits per heavy atom. The third-order valence-electron chi connectivity index (χ3n) is 3.55. The maximum absolute atomic E-state index is 10.0. The van der Waals surface area contributed by atoms with Gasteiger partial charge in [0.15, 0.2) is 0 Å². The molecule has 0 aliphatic heterocycles. The summed E-state index contributed by atoms with van der Waals surface area (Å²) in [5.74, 6) is 0.967. The summed E-state index contributed by atoms with van der Waals surface area (Å²) in [6, 6.07) is 3.62. The number of ether oxygens (including phenoxy) is 1. The number of aryl methyl sites for hydroxylation is 1. The molecular weight excluding hydrogens is 202 g/mol. The van der Waals surface area contributed by atoms with E-state index in [0.29, 0.717) is 5.75 Å². The normalized spacial score (nSPS) is 18.7. The fourth-order valence-electron chi connectivity index (χ4n) is 2.57. The van der Waals surface area contributed by atoms with E-state index in [4.69, 9.17) is 10.5 Å². The van der Waals surface area contributed by atoms with Crippen LogP contribution >= 0.6 is 0 Å². The smallest absolute Gasteiger partial charge is 0.125 e. The van der Waals surface area contributed by atoms with Crippen molar-refractivity contribution < 1.29 is 9.84 Å². The van der Waals surface area contributed by atoms with Gasteiger partial charge in [-0.2, -0.15) is 0 Å². The summed E-state index contributed by atoms with van der Waals surface area (Å²) in [7, 11) is 1.61. The van der Waals surface area contributed by atoms with Crippen molar-refractivity contribution in [1.82, 2.24) is 0 Å². The lowest BCUT2D eigenvalue weighted by Crippen LogP contribution is -2.33. The van der Waals surface area contributed by atoms with Crippen molar-refractivity contribution >= 4 is 0 Å². The Kier molecular flexibility index (Phi) is 2.80. The van der Waals surface area contributed by atoms with E-state index in [0.717, 1.165) is 36.8 Å². The molecule has 1 fully saturated rings. The first kappa shape index (κ1) is 11.3. The van der Waals surface area contributed by atoms with Crippen molar-refractivity contribution in [2.24, 2.45) is 5.73 Å². The molecular formula is C13H19NO2. The van der Waals surface area contributed by atoms with E-state index < -0.39 is 0 Å². The highest BCUT2D eigenvalue weighted by molar-refractivity contribution is 5.48. The average molecular weight is 221 g/mol. The first-order valence-corrected chi connectivity index (χ1v) is 5.74. The number of hydrogen-bond donors (Lipinski definition) is 2. The molecule has 3 N–H and O–H groups in total. The molecule has 1 aliphatic rings. The lowest BCUT2D eigenvalue weighted by molar-refractivity contribution is 0.388. The molecule has 0 aromatic heterocycles. The quantitative estimate of drug-likeness (QED) is 0.806. The number of hydrogen-bond acceptors (Lipinski definition) is 3. The molecule has 0 radical (unpaired) electrons. The Labute approximate surface area is 96.2 Å². The minimum atomic E-state index is -0.346. The van der Waals surface area contributed by atoms with E-state index in [-0.39, 0.29) is 11.3 Å². The fraction of sp³-hybridized carbons (Fsp3) is 0.538. The minimum Gasteiger partial charge on any atom is -0.507 e. The van der Waals surface area contributed by atoms with Crippen molar-refractivity contribution in [3.8, 4) is 11.5 Å². The standard InChI is InChI=1S/C13H19NO2/c1-9-7-10(11(15)8-12(9)16-2)13(14)5-3-4-6-13/h7-8,15H,3-6,14H2,1-2H3. The van der Waals surface area contributed by atoms with Crippen molar-refractivity contribution in [3.05, 3.63) is 23.3 Å². The second-order valence-corrected chi connectivity index (χ2v) is 4.70. The Balaban J connectivity index is 2.45. The molecule has 0 unspecified atom stereocenters. The zero-order chi connectivity index (χ0) is 11.8. The van der Waals surface area contributed by atoms with Gasteiger partial charge in [-0.3, -0.25) is 0 Å². The number of nitrogens with two attached hydrogens (primary N) is 1. The van der Waals surface area contributed by atoms with Gasteiger partial charge in [-0.15, -0.1) is 0 Å². The summed E-state index contributed by atoms with van der Waals surface area (Å²) in [5, 5.41) is 10.0. The average Bonchev–Trinajstić information content (AvgIpc) is 2.69. The Morgan fingerprint density at radius 3 is 2.50 bits per heavy atom. The number of methoxy groups -OCH3 is 1. The highest BCUT2D eigenvalue weighted by Crippen LogP contribution is 2.42. The first-order valence-electron chi connectivity index (χ1n) is 5.74. The second-order valence-electron chi connectivity index (χ2n) is 4.70. The molecule has 3 heteroatoms. The van der Waals surface area contributed by atoms with Crippen LogP contribution in [0.25, 0.3) is 0 Å².